The van der Waals surface area contributed by atoms with Gasteiger partial charge in [0, 0.05) is 25.3 Å². The highest BCUT2D eigenvalue weighted by molar-refractivity contribution is 8.27. The largest absolute Gasteiger partial charge is 0.489 e. The van der Waals surface area contributed by atoms with Crippen LogP contribution in [0.3, 0.4) is 0 Å². The molecule has 3 aromatic rings. The monoisotopic (exact) mass is 498 g/mol. The Kier molecular flexibility index (Phi) is 7.02. The fourth-order valence-electron chi connectivity index (χ4n) is 3.26. The van der Waals surface area contributed by atoms with Crippen molar-refractivity contribution < 1.29 is 13.9 Å². The molecule has 4 nitrogen and oxygen atoms in total. The van der Waals surface area contributed by atoms with Gasteiger partial charge in [-0.3, -0.25) is 9.69 Å². The van der Waals surface area contributed by atoms with Gasteiger partial charge in [0.05, 0.1) is 15.6 Å². The molecule has 0 unspecified atom stereocenters. The normalized spacial score (nSPS) is 14.8. The van der Waals surface area contributed by atoms with Crippen LogP contribution >= 0.6 is 35.6 Å². The van der Waals surface area contributed by atoms with Gasteiger partial charge < -0.3 is 9.64 Å². The Balaban J connectivity index is 1.51. The third-order valence-corrected chi connectivity index (χ3v) is 6.68. The number of carbonyl (C=O) groups is 1. The number of thiocarbonyl (C=S) groups is 1. The quantitative estimate of drug-likeness (QED) is 0.285. The molecule has 0 atom stereocenters. The fraction of sp³-hybridized carbons (Fsp3) is 0.120. The maximum Gasteiger partial charge on any atom is 0.270 e. The first-order chi connectivity index (χ1) is 15.8. The van der Waals surface area contributed by atoms with Crippen LogP contribution in [0.25, 0.3) is 6.08 Å². The van der Waals surface area contributed by atoms with E-state index in [0.717, 1.165) is 16.9 Å². The van der Waals surface area contributed by atoms with E-state index in [-0.39, 0.29) is 12.5 Å². The summed E-state index contributed by atoms with van der Waals surface area (Å²) in [5.74, 6) is -0.0502. The van der Waals surface area contributed by atoms with E-state index in [1.165, 1.54) is 22.7 Å². The van der Waals surface area contributed by atoms with Gasteiger partial charge in [0.25, 0.3) is 5.91 Å². The molecule has 33 heavy (non-hydrogen) atoms. The third-order valence-electron chi connectivity index (χ3n) is 5.02. The highest BCUT2D eigenvalue weighted by atomic mass is 35.5. The molecule has 0 aromatic heterocycles. The van der Waals surface area contributed by atoms with E-state index in [2.05, 4.69) is 0 Å². The number of anilines is 2. The lowest BCUT2D eigenvalue weighted by molar-refractivity contribution is -0.113. The van der Waals surface area contributed by atoms with Crippen molar-refractivity contribution in [2.75, 3.05) is 23.9 Å². The first-order valence-corrected chi connectivity index (χ1v) is 11.6. The van der Waals surface area contributed by atoms with Gasteiger partial charge in [-0.05, 0) is 60.2 Å². The molecule has 0 spiro atoms. The minimum absolute atomic E-state index is 0.0000194. The van der Waals surface area contributed by atoms with E-state index in [0.29, 0.717) is 25.6 Å². The van der Waals surface area contributed by atoms with E-state index < -0.39 is 5.82 Å². The van der Waals surface area contributed by atoms with Crippen molar-refractivity contribution in [1.29, 1.82) is 0 Å². The first-order valence-electron chi connectivity index (χ1n) is 10.0. The Bertz CT molecular complexity index is 1230. The van der Waals surface area contributed by atoms with E-state index >= 15 is 0 Å². The number of nitrogens with zero attached hydrogens (tertiary/aromatic N) is 2. The summed E-state index contributed by atoms with van der Waals surface area (Å²) in [7, 11) is 3.92. The van der Waals surface area contributed by atoms with Gasteiger partial charge in [0.15, 0.2) is 4.32 Å². The summed E-state index contributed by atoms with van der Waals surface area (Å²) < 4.78 is 20.2. The second kappa shape index (κ2) is 9.95. The van der Waals surface area contributed by atoms with Crippen molar-refractivity contribution >= 4 is 63.3 Å². The van der Waals surface area contributed by atoms with Crippen LogP contribution in [0, 0.1) is 5.82 Å². The van der Waals surface area contributed by atoms with Gasteiger partial charge in [-0.1, -0.05) is 53.8 Å². The Morgan fingerprint density at radius 2 is 1.85 bits per heavy atom. The van der Waals surface area contributed by atoms with Gasteiger partial charge in [-0.2, -0.15) is 0 Å². The summed E-state index contributed by atoms with van der Waals surface area (Å²) in [4.78, 5) is 17.1. The van der Waals surface area contributed by atoms with E-state index in [1.54, 1.807) is 30.3 Å². The van der Waals surface area contributed by atoms with E-state index in [1.807, 2.05) is 55.4 Å². The Hall–Kier alpha value is -2.87. The number of halogens is 2. The lowest BCUT2D eigenvalue weighted by Crippen LogP contribution is -2.27. The molecule has 3 aromatic carbocycles. The number of thioether (sulfide) groups is 1. The summed E-state index contributed by atoms with van der Waals surface area (Å²) in [6.45, 7) is 0.0000194. The predicted molar refractivity (Wildman–Crippen MR) is 139 cm³/mol. The molecule has 0 bridgehead atoms. The molecule has 1 aliphatic rings. The molecule has 4 rings (SSSR count). The maximum absolute atomic E-state index is 14.0. The van der Waals surface area contributed by atoms with Crippen molar-refractivity contribution in [3.05, 3.63) is 93.6 Å². The maximum atomic E-state index is 14.0. The average Bonchev–Trinajstić information content (AvgIpc) is 3.06. The summed E-state index contributed by atoms with van der Waals surface area (Å²) in [5, 5.41) is 0.313. The van der Waals surface area contributed by atoms with Crippen molar-refractivity contribution in [1.82, 2.24) is 0 Å². The molecule has 0 radical (unpaired) electrons. The number of amides is 1. The van der Waals surface area contributed by atoms with Crippen LogP contribution in [0.1, 0.15) is 11.1 Å². The number of benzene rings is 3. The van der Waals surface area contributed by atoms with Gasteiger partial charge in [0.2, 0.25) is 0 Å². The van der Waals surface area contributed by atoms with Crippen LogP contribution < -0.4 is 14.5 Å². The highest BCUT2D eigenvalue weighted by Crippen LogP contribution is 2.36. The summed E-state index contributed by atoms with van der Waals surface area (Å²) in [6, 6.07) is 19.4. The molecule has 1 amide bonds. The zero-order chi connectivity index (χ0) is 23.5. The second-order valence-corrected chi connectivity index (χ2v) is 9.57. The fourth-order valence-corrected chi connectivity index (χ4v) is 4.78. The van der Waals surface area contributed by atoms with Gasteiger partial charge in [-0.25, -0.2) is 4.39 Å². The zero-order valence-corrected chi connectivity index (χ0v) is 20.3. The van der Waals surface area contributed by atoms with Gasteiger partial charge in [-0.15, -0.1) is 0 Å². The van der Waals surface area contributed by atoms with Gasteiger partial charge >= 0.3 is 0 Å². The summed E-state index contributed by atoms with van der Waals surface area (Å²) >= 11 is 12.8. The summed E-state index contributed by atoms with van der Waals surface area (Å²) in [5.41, 5.74) is 2.83. The molecular weight excluding hydrogens is 479 g/mol. The van der Waals surface area contributed by atoms with Crippen LogP contribution in [0.4, 0.5) is 15.8 Å². The molecule has 0 aliphatic carbocycles. The molecule has 0 saturated carbocycles. The third kappa shape index (κ3) is 5.21. The molecule has 1 saturated heterocycles. The Morgan fingerprint density at radius 3 is 2.55 bits per heavy atom. The van der Waals surface area contributed by atoms with Crippen molar-refractivity contribution in [2.45, 2.75) is 6.61 Å². The molecular formula is C25H20ClFN2O2S2. The van der Waals surface area contributed by atoms with Crippen LogP contribution in [0.5, 0.6) is 5.75 Å². The zero-order valence-electron chi connectivity index (χ0n) is 17.9. The number of hydrogen-bond donors (Lipinski definition) is 0. The summed E-state index contributed by atoms with van der Waals surface area (Å²) in [6.07, 6.45) is 1.77. The average molecular weight is 499 g/mol. The minimum atomic E-state index is -0.416. The topological polar surface area (TPSA) is 32.8 Å². The van der Waals surface area contributed by atoms with Gasteiger partial charge in [0.1, 0.15) is 18.2 Å². The number of ether oxygens (including phenoxy) is 1. The SMILES string of the molecule is CN(C)c1ccc(N2C(=O)C(=Cc3cccc(OCc4c(F)cccc4Cl)c3)SC2=S)cc1. The molecule has 168 valence electrons. The molecule has 8 heteroatoms. The van der Waals surface area contributed by atoms with Crippen LogP contribution in [-0.4, -0.2) is 24.3 Å². The van der Waals surface area contributed by atoms with E-state index in [9.17, 15) is 9.18 Å². The molecule has 1 heterocycles. The van der Waals surface area contributed by atoms with Crippen LogP contribution in [0.15, 0.2) is 71.6 Å². The highest BCUT2D eigenvalue weighted by Gasteiger charge is 2.33. The predicted octanol–water partition coefficient (Wildman–Crippen LogP) is 6.53. The van der Waals surface area contributed by atoms with Crippen LogP contribution in [0.2, 0.25) is 5.02 Å². The molecule has 1 aliphatic heterocycles. The first kappa shape index (κ1) is 23.3. The Morgan fingerprint density at radius 1 is 1.12 bits per heavy atom. The second-order valence-electron chi connectivity index (χ2n) is 7.49. The number of carbonyl (C=O) groups excluding carboxylic acids is 1. The molecule has 1 fully saturated rings. The van der Waals surface area contributed by atoms with Crippen LogP contribution in [-0.2, 0) is 11.4 Å². The lowest BCUT2D eigenvalue weighted by Gasteiger charge is -2.17. The van der Waals surface area contributed by atoms with E-state index in [4.69, 9.17) is 28.6 Å². The van der Waals surface area contributed by atoms with Crippen molar-refractivity contribution in [3.8, 4) is 5.75 Å². The number of hydrogen-bond acceptors (Lipinski definition) is 5. The number of rotatable bonds is 6. The standard InChI is InChI=1S/C25H20ClFN2O2S2/c1-28(2)17-9-11-18(12-10-17)29-24(30)23(33-25(29)32)14-16-5-3-6-19(13-16)31-15-20-21(26)7-4-8-22(20)27/h3-14H,15H2,1-2H3. The minimum Gasteiger partial charge on any atom is -0.489 e. The smallest absolute Gasteiger partial charge is 0.270 e. The van der Waals surface area contributed by atoms with Crippen molar-refractivity contribution in [3.63, 3.8) is 0 Å². The lowest BCUT2D eigenvalue weighted by atomic mass is 10.2. The molecule has 0 N–H and O–H groups in total. The Labute approximate surface area is 206 Å². The van der Waals surface area contributed by atoms with Crippen molar-refractivity contribution in [2.24, 2.45) is 0 Å².